The highest BCUT2D eigenvalue weighted by Gasteiger charge is 2.21. The van der Waals surface area contributed by atoms with Crippen LogP contribution in [0.15, 0.2) is 110 Å². The van der Waals surface area contributed by atoms with Crippen LogP contribution in [0.3, 0.4) is 0 Å². The number of benzene rings is 3. The normalized spacial score (nSPS) is 11.2. The van der Waals surface area contributed by atoms with E-state index in [0.29, 0.717) is 11.4 Å². The molecule has 0 spiro atoms. The highest BCUT2D eigenvalue weighted by molar-refractivity contribution is 6.16. The molecule has 0 aliphatic heterocycles. The summed E-state index contributed by atoms with van der Waals surface area (Å²) >= 11 is 0. The molecule has 0 atom stereocenters. The molecule has 0 fully saturated rings. The minimum absolute atomic E-state index is 0.234. The fourth-order valence-electron chi connectivity index (χ4n) is 4.14. The second kappa shape index (κ2) is 7.76. The number of carbonyl (C=O) groups is 1. The summed E-state index contributed by atoms with van der Waals surface area (Å²) in [5, 5.41) is 9.50. The number of nitrogens with one attached hydrogen (secondary N) is 1. The van der Waals surface area contributed by atoms with Gasteiger partial charge >= 0.3 is 0 Å². The van der Waals surface area contributed by atoms with E-state index in [4.69, 9.17) is 4.98 Å². The van der Waals surface area contributed by atoms with Gasteiger partial charge in [0, 0.05) is 23.2 Å². The van der Waals surface area contributed by atoms with Gasteiger partial charge in [-0.2, -0.15) is 5.10 Å². The number of hydrogen-bond donors (Lipinski definition) is 1. The third kappa shape index (κ3) is 3.25. The SMILES string of the molecule is O=C(Nc1c2ccccc2nc2ccccc12)c1cnn(-c2ccccc2)c1-n1cccc1. The Morgan fingerprint density at radius 1 is 0.727 bits per heavy atom. The van der Waals surface area contributed by atoms with Gasteiger partial charge in [-0.15, -0.1) is 0 Å². The molecular formula is C27H19N5O. The van der Waals surface area contributed by atoms with Crippen LogP contribution in [0.4, 0.5) is 5.69 Å². The molecule has 6 aromatic rings. The van der Waals surface area contributed by atoms with E-state index in [1.54, 1.807) is 10.9 Å². The lowest BCUT2D eigenvalue weighted by Crippen LogP contribution is -2.16. The van der Waals surface area contributed by atoms with Crippen LogP contribution in [0.2, 0.25) is 0 Å². The van der Waals surface area contributed by atoms with Crippen molar-refractivity contribution in [1.29, 1.82) is 0 Å². The molecule has 3 aromatic heterocycles. The first-order valence-corrected chi connectivity index (χ1v) is 10.7. The molecule has 6 nitrogen and oxygen atoms in total. The maximum atomic E-state index is 13.7. The van der Waals surface area contributed by atoms with Crippen molar-refractivity contribution in [2.45, 2.75) is 0 Å². The van der Waals surface area contributed by atoms with Gasteiger partial charge in [-0.25, -0.2) is 9.67 Å². The van der Waals surface area contributed by atoms with E-state index in [1.807, 2.05) is 108 Å². The maximum Gasteiger partial charge on any atom is 0.261 e. The lowest BCUT2D eigenvalue weighted by Gasteiger charge is -2.14. The second-order valence-electron chi connectivity index (χ2n) is 7.69. The first kappa shape index (κ1) is 19.0. The van der Waals surface area contributed by atoms with Gasteiger partial charge in [0.2, 0.25) is 0 Å². The van der Waals surface area contributed by atoms with Crippen LogP contribution < -0.4 is 5.32 Å². The van der Waals surface area contributed by atoms with Crippen molar-refractivity contribution in [1.82, 2.24) is 19.3 Å². The molecule has 0 radical (unpaired) electrons. The Hall–Kier alpha value is -4.71. The summed E-state index contributed by atoms with van der Waals surface area (Å²) in [5.74, 6) is 0.439. The summed E-state index contributed by atoms with van der Waals surface area (Å²) in [7, 11) is 0. The van der Waals surface area contributed by atoms with Crippen molar-refractivity contribution >= 4 is 33.4 Å². The van der Waals surface area contributed by atoms with Gasteiger partial charge < -0.3 is 9.88 Å². The molecule has 0 saturated heterocycles. The van der Waals surface area contributed by atoms with Crippen LogP contribution in [0.25, 0.3) is 33.3 Å². The third-order valence-corrected chi connectivity index (χ3v) is 5.66. The Morgan fingerprint density at radius 3 is 2.00 bits per heavy atom. The largest absolute Gasteiger partial charge is 0.321 e. The maximum absolute atomic E-state index is 13.7. The number of amides is 1. The van der Waals surface area contributed by atoms with Crippen LogP contribution in [0.5, 0.6) is 0 Å². The number of carbonyl (C=O) groups excluding carboxylic acids is 1. The van der Waals surface area contributed by atoms with E-state index in [9.17, 15) is 4.79 Å². The summed E-state index contributed by atoms with van der Waals surface area (Å²) in [6.07, 6.45) is 5.43. The van der Waals surface area contributed by atoms with Crippen molar-refractivity contribution in [2.24, 2.45) is 0 Å². The highest BCUT2D eigenvalue weighted by atomic mass is 16.1. The van der Waals surface area contributed by atoms with Gasteiger partial charge in [-0.05, 0) is 36.4 Å². The Labute approximate surface area is 189 Å². The predicted molar refractivity (Wildman–Crippen MR) is 130 cm³/mol. The highest BCUT2D eigenvalue weighted by Crippen LogP contribution is 2.31. The summed E-state index contributed by atoms with van der Waals surface area (Å²) in [5.41, 5.74) is 3.75. The molecule has 1 amide bonds. The monoisotopic (exact) mass is 429 g/mol. The minimum atomic E-state index is -0.234. The molecule has 3 aromatic carbocycles. The van der Waals surface area contributed by atoms with Crippen molar-refractivity contribution in [3.8, 4) is 11.5 Å². The molecule has 33 heavy (non-hydrogen) atoms. The summed E-state index contributed by atoms with van der Waals surface area (Å²) < 4.78 is 3.68. The lowest BCUT2D eigenvalue weighted by molar-refractivity contribution is 0.102. The van der Waals surface area contributed by atoms with Gasteiger partial charge in [-0.3, -0.25) is 4.79 Å². The molecule has 1 N–H and O–H groups in total. The van der Waals surface area contributed by atoms with Gasteiger partial charge in [-0.1, -0.05) is 54.6 Å². The Kier molecular flexibility index (Phi) is 4.47. The third-order valence-electron chi connectivity index (χ3n) is 5.66. The fourth-order valence-corrected chi connectivity index (χ4v) is 4.14. The minimum Gasteiger partial charge on any atom is -0.321 e. The Bertz CT molecular complexity index is 1550. The molecule has 6 rings (SSSR count). The van der Waals surface area contributed by atoms with Gasteiger partial charge in [0.1, 0.15) is 5.56 Å². The van der Waals surface area contributed by atoms with Crippen LogP contribution >= 0.6 is 0 Å². The second-order valence-corrected chi connectivity index (χ2v) is 7.69. The molecule has 0 aliphatic carbocycles. The van der Waals surface area contributed by atoms with Crippen LogP contribution in [0, 0.1) is 0 Å². The number of nitrogens with zero attached hydrogens (tertiary/aromatic N) is 4. The van der Waals surface area contributed by atoms with E-state index in [2.05, 4.69) is 10.4 Å². The topological polar surface area (TPSA) is 64.7 Å². The Balaban J connectivity index is 1.51. The summed E-state index contributed by atoms with van der Waals surface area (Å²) in [4.78, 5) is 18.4. The van der Waals surface area contributed by atoms with E-state index in [0.717, 1.165) is 33.2 Å². The number of para-hydroxylation sites is 3. The molecule has 0 saturated carbocycles. The van der Waals surface area contributed by atoms with Gasteiger partial charge in [0.05, 0.1) is 28.6 Å². The number of aromatic nitrogens is 4. The average Bonchev–Trinajstić information content (AvgIpc) is 3.54. The number of fused-ring (bicyclic) bond motifs is 2. The number of hydrogen-bond acceptors (Lipinski definition) is 3. The first-order chi connectivity index (χ1) is 16.3. The van der Waals surface area contributed by atoms with Crippen molar-refractivity contribution < 1.29 is 4.79 Å². The molecular weight excluding hydrogens is 410 g/mol. The van der Waals surface area contributed by atoms with E-state index >= 15 is 0 Å². The fraction of sp³-hybridized carbons (Fsp3) is 0. The van der Waals surface area contributed by atoms with Crippen molar-refractivity contribution in [2.75, 3.05) is 5.32 Å². The van der Waals surface area contributed by atoms with Gasteiger partial charge in [0.15, 0.2) is 5.82 Å². The smallest absolute Gasteiger partial charge is 0.261 e. The summed E-state index contributed by atoms with van der Waals surface area (Å²) in [6.45, 7) is 0. The van der Waals surface area contributed by atoms with Crippen LogP contribution in [-0.4, -0.2) is 25.2 Å². The van der Waals surface area contributed by atoms with E-state index < -0.39 is 0 Å². The number of pyridine rings is 1. The van der Waals surface area contributed by atoms with E-state index in [1.165, 1.54) is 0 Å². The summed E-state index contributed by atoms with van der Waals surface area (Å²) in [6, 6.07) is 29.3. The zero-order chi connectivity index (χ0) is 22.2. The lowest BCUT2D eigenvalue weighted by atomic mass is 10.1. The van der Waals surface area contributed by atoms with Crippen molar-refractivity contribution in [3.63, 3.8) is 0 Å². The zero-order valence-corrected chi connectivity index (χ0v) is 17.6. The molecule has 0 bridgehead atoms. The van der Waals surface area contributed by atoms with Crippen LogP contribution in [-0.2, 0) is 0 Å². The molecule has 158 valence electrons. The van der Waals surface area contributed by atoms with E-state index in [-0.39, 0.29) is 5.91 Å². The average molecular weight is 429 g/mol. The molecule has 0 unspecified atom stereocenters. The number of anilines is 1. The first-order valence-electron chi connectivity index (χ1n) is 10.7. The molecule has 6 heteroatoms. The van der Waals surface area contributed by atoms with Crippen LogP contribution in [0.1, 0.15) is 10.4 Å². The zero-order valence-electron chi connectivity index (χ0n) is 17.6. The standard InChI is InChI=1S/C27H19N5O/c33-26(30-25-20-12-4-6-14-23(20)29-24-15-7-5-13-21(24)25)22-18-28-32(19-10-2-1-3-11-19)27(22)31-16-8-9-17-31/h1-18H,(H,29,30,33). The molecule has 3 heterocycles. The predicted octanol–water partition coefficient (Wildman–Crippen LogP) is 5.62. The quantitative estimate of drug-likeness (QED) is 0.370. The Morgan fingerprint density at radius 2 is 1.33 bits per heavy atom. The van der Waals surface area contributed by atoms with Crippen molar-refractivity contribution in [3.05, 3.63) is 115 Å². The van der Waals surface area contributed by atoms with Gasteiger partial charge in [0.25, 0.3) is 5.91 Å². The number of rotatable bonds is 4. The molecule has 0 aliphatic rings.